The number of hydrogen-bond acceptors (Lipinski definition) is 6. The van der Waals surface area contributed by atoms with Gasteiger partial charge in [-0.05, 0) is 25.9 Å². The van der Waals surface area contributed by atoms with Crippen LogP contribution in [0.3, 0.4) is 0 Å². The van der Waals surface area contributed by atoms with E-state index < -0.39 is 5.97 Å². The zero-order valence-electron chi connectivity index (χ0n) is 11.6. The number of amides is 1. The number of nitrogens with zero attached hydrogens (tertiary/aromatic N) is 3. The zero-order chi connectivity index (χ0) is 15.1. The molecule has 0 atom stereocenters. The van der Waals surface area contributed by atoms with Crippen LogP contribution in [0.25, 0.3) is 0 Å². The molecule has 0 radical (unpaired) electrons. The maximum atomic E-state index is 11.7. The average molecular weight is 313 g/mol. The highest BCUT2D eigenvalue weighted by molar-refractivity contribution is 8.00. The van der Waals surface area contributed by atoms with Crippen molar-refractivity contribution in [3.63, 3.8) is 0 Å². The number of carboxylic acids is 1. The molecule has 1 aromatic rings. The lowest BCUT2D eigenvalue weighted by molar-refractivity contribution is -0.118. The lowest BCUT2D eigenvalue weighted by Crippen LogP contribution is -2.32. The van der Waals surface area contributed by atoms with Crippen LogP contribution in [0.1, 0.15) is 23.3 Å². The number of piperidine rings is 1. The van der Waals surface area contributed by atoms with E-state index in [-0.39, 0.29) is 11.6 Å². The molecule has 1 aliphatic heterocycles. The van der Waals surface area contributed by atoms with E-state index in [9.17, 15) is 9.59 Å². The Labute approximate surface area is 126 Å². The van der Waals surface area contributed by atoms with Gasteiger partial charge in [-0.1, -0.05) is 5.21 Å². The van der Waals surface area contributed by atoms with Crippen molar-refractivity contribution in [1.82, 2.24) is 25.6 Å². The number of thioether (sulfide) groups is 1. The SMILES string of the molecule is O=C(CSC1CCNCC1)NCCn1cc(C(=O)O)nn1. The van der Waals surface area contributed by atoms with Crippen molar-refractivity contribution < 1.29 is 14.7 Å². The molecule has 3 N–H and O–H groups in total. The van der Waals surface area contributed by atoms with E-state index in [0.29, 0.717) is 24.1 Å². The predicted molar refractivity (Wildman–Crippen MR) is 78.3 cm³/mol. The van der Waals surface area contributed by atoms with E-state index in [1.165, 1.54) is 10.9 Å². The first-order chi connectivity index (χ1) is 10.1. The molecule has 0 saturated carbocycles. The number of nitrogens with one attached hydrogen (secondary N) is 2. The van der Waals surface area contributed by atoms with Gasteiger partial charge in [-0.3, -0.25) is 4.79 Å². The van der Waals surface area contributed by atoms with Crippen LogP contribution in [0.15, 0.2) is 6.20 Å². The Balaban J connectivity index is 1.61. The summed E-state index contributed by atoms with van der Waals surface area (Å²) in [6.45, 7) is 2.87. The molecule has 1 aliphatic rings. The highest BCUT2D eigenvalue weighted by atomic mass is 32.2. The zero-order valence-corrected chi connectivity index (χ0v) is 12.4. The largest absolute Gasteiger partial charge is 0.476 e. The molecule has 116 valence electrons. The number of aromatic carboxylic acids is 1. The van der Waals surface area contributed by atoms with Crippen molar-refractivity contribution in [1.29, 1.82) is 0 Å². The first kappa shape index (κ1) is 15.8. The first-order valence-corrected chi connectivity index (χ1v) is 7.92. The summed E-state index contributed by atoms with van der Waals surface area (Å²) in [5.74, 6) is -0.650. The average Bonchev–Trinajstić information content (AvgIpc) is 2.95. The fraction of sp³-hybridized carbons (Fsp3) is 0.667. The molecule has 0 bridgehead atoms. The summed E-state index contributed by atoms with van der Waals surface area (Å²) in [6.07, 6.45) is 3.56. The summed E-state index contributed by atoms with van der Waals surface area (Å²) in [5, 5.41) is 22.5. The lowest BCUT2D eigenvalue weighted by atomic mass is 10.2. The molecule has 1 saturated heterocycles. The van der Waals surface area contributed by atoms with E-state index in [4.69, 9.17) is 5.11 Å². The second kappa shape index (κ2) is 7.99. The monoisotopic (exact) mass is 313 g/mol. The van der Waals surface area contributed by atoms with E-state index in [1.54, 1.807) is 11.8 Å². The fourth-order valence-corrected chi connectivity index (χ4v) is 3.08. The van der Waals surface area contributed by atoms with E-state index in [1.807, 2.05) is 0 Å². The van der Waals surface area contributed by atoms with E-state index in [2.05, 4.69) is 20.9 Å². The Kier molecular flexibility index (Phi) is 6.00. The van der Waals surface area contributed by atoms with Crippen LogP contribution in [0.5, 0.6) is 0 Å². The molecule has 0 spiro atoms. The summed E-state index contributed by atoms with van der Waals surface area (Å²) >= 11 is 1.70. The van der Waals surface area contributed by atoms with Gasteiger partial charge in [-0.25, -0.2) is 9.48 Å². The summed E-state index contributed by atoms with van der Waals surface area (Å²) in [6, 6.07) is 0. The second-order valence-corrected chi connectivity index (χ2v) is 6.07. The molecule has 9 heteroatoms. The molecule has 1 amide bonds. The summed E-state index contributed by atoms with van der Waals surface area (Å²) in [4.78, 5) is 22.3. The number of aromatic nitrogens is 3. The fourth-order valence-electron chi connectivity index (χ4n) is 2.02. The second-order valence-electron chi connectivity index (χ2n) is 4.78. The smallest absolute Gasteiger partial charge is 0.358 e. The van der Waals surface area contributed by atoms with E-state index >= 15 is 0 Å². The minimum Gasteiger partial charge on any atom is -0.476 e. The third-order valence-electron chi connectivity index (χ3n) is 3.16. The Hall–Kier alpha value is -1.61. The highest BCUT2D eigenvalue weighted by Crippen LogP contribution is 2.19. The summed E-state index contributed by atoms with van der Waals surface area (Å²) in [5.41, 5.74) is -0.0946. The molecule has 1 fully saturated rings. The standard InChI is InChI=1S/C12H19N5O3S/c18-11(8-21-9-1-3-13-4-2-9)14-5-6-17-7-10(12(19)20)15-16-17/h7,9,13H,1-6,8H2,(H,14,18)(H,19,20). The highest BCUT2D eigenvalue weighted by Gasteiger charge is 2.14. The van der Waals surface area contributed by atoms with Crippen LogP contribution in [-0.4, -0.2) is 62.6 Å². The van der Waals surface area contributed by atoms with Gasteiger partial charge in [0.1, 0.15) is 0 Å². The molecule has 0 aromatic carbocycles. The van der Waals surface area contributed by atoms with E-state index in [0.717, 1.165) is 25.9 Å². The van der Waals surface area contributed by atoms with Crippen LogP contribution in [0, 0.1) is 0 Å². The third-order valence-corrected chi connectivity index (χ3v) is 4.53. The topological polar surface area (TPSA) is 109 Å². The van der Waals surface area contributed by atoms with Gasteiger partial charge in [-0.15, -0.1) is 16.9 Å². The normalized spacial score (nSPS) is 15.8. The van der Waals surface area contributed by atoms with Gasteiger partial charge in [0.2, 0.25) is 5.91 Å². The van der Waals surface area contributed by atoms with Gasteiger partial charge in [0.05, 0.1) is 18.5 Å². The number of rotatable bonds is 7. The molecular formula is C12H19N5O3S. The minimum atomic E-state index is -1.11. The van der Waals surface area contributed by atoms with Crippen LogP contribution in [0.2, 0.25) is 0 Å². The minimum absolute atomic E-state index is 0.00268. The summed E-state index contributed by atoms with van der Waals surface area (Å²) in [7, 11) is 0. The molecule has 0 unspecified atom stereocenters. The Morgan fingerprint density at radius 1 is 1.48 bits per heavy atom. The lowest BCUT2D eigenvalue weighted by Gasteiger charge is -2.21. The molecule has 0 aliphatic carbocycles. The van der Waals surface area contributed by atoms with Crippen molar-refractivity contribution in [2.24, 2.45) is 0 Å². The Morgan fingerprint density at radius 3 is 2.90 bits per heavy atom. The van der Waals surface area contributed by atoms with Gasteiger partial charge >= 0.3 is 5.97 Å². The van der Waals surface area contributed by atoms with Crippen LogP contribution in [0.4, 0.5) is 0 Å². The maximum Gasteiger partial charge on any atom is 0.358 e. The third kappa shape index (κ3) is 5.35. The predicted octanol–water partition coefficient (Wildman–Crippen LogP) is -0.422. The van der Waals surface area contributed by atoms with Gasteiger partial charge < -0.3 is 15.7 Å². The van der Waals surface area contributed by atoms with Crippen molar-refractivity contribution in [3.05, 3.63) is 11.9 Å². The Bertz CT molecular complexity index is 487. The van der Waals surface area contributed by atoms with Crippen molar-refractivity contribution in [2.75, 3.05) is 25.4 Å². The number of hydrogen-bond donors (Lipinski definition) is 3. The number of carboxylic acid groups (broad SMARTS) is 1. The van der Waals surface area contributed by atoms with Crippen molar-refractivity contribution in [2.45, 2.75) is 24.6 Å². The maximum absolute atomic E-state index is 11.7. The van der Waals surface area contributed by atoms with Crippen molar-refractivity contribution >= 4 is 23.6 Å². The van der Waals surface area contributed by atoms with Crippen molar-refractivity contribution in [3.8, 4) is 0 Å². The molecule has 2 rings (SSSR count). The number of carbonyl (C=O) groups excluding carboxylic acids is 1. The number of carbonyl (C=O) groups is 2. The molecule has 1 aromatic heterocycles. The van der Waals surface area contributed by atoms with Crippen LogP contribution >= 0.6 is 11.8 Å². The molecule has 2 heterocycles. The van der Waals surface area contributed by atoms with Gasteiger partial charge in [-0.2, -0.15) is 0 Å². The van der Waals surface area contributed by atoms with Gasteiger partial charge in [0.15, 0.2) is 5.69 Å². The molecular weight excluding hydrogens is 294 g/mol. The van der Waals surface area contributed by atoms with Gasteiger partial charge in [0.25, 0.3) is 0 Å². The molecule has 8 nitrogen and oxygen atoms in total. The Morgan fingerprint density at radius 2 is 2.24 bits per heavy atom. The quantitative estimate of drug-likeness (QED) is 0.627. The van der Waals surface area contributed by atoms with Gasteiger partial charge in [0, 0.05) is 11.8 Å². The van der Waals surface area contributed by atoms with Crippen LogP contribution < -0.4 is 10.6 Å². The van der Waals surface area contributed by atoms with Crippen LogP contribution in [-0.2, 0) is 11.3 Å². The summed E-state index contributed by atoms with van der Waals surface area (Å²) < 4.78 is 1.41. The first-order valence-electron chi connectivity index (χ1n) is 6.87. The molecule has 21 heavy (non-hydrogen) atoms.